The Balaban J connectivity index is 1.03. The Kier molecular flexibility index (Phi) is 5.60. The fraction of sp³-hybridized carbons (Fsp3) is 0.464. The van der Waals surface area contributed by atoms with Crippen LogP contribution in [-0.2, 0) is 22.6 Å². The Morgan fingerprint density at radius 1 is 0.971 bits per heavy atom. The highest BCUT2D eigenvalue weighted by atomic mass is 16.2. The van der Waals surface area contributed by atoms with E-state index in [-0.39, 0.29) is 24.1 Å². The average Bonchev–Trinajstić information content (AvgIpc) is 3.17. The van der Waals surface area contributed by atoms with E-state index in [9.17, 15) is 14.4 Å². The number of carbonyl (C=O) groups excluding carboxylic acids is 3. The van der Waals surface area contributed by atoms with Crippen LogP contribution in [0.1, 0.15) is 47.2 Å². The molecule has 4 aliphatic rings. The fourth-order valence-electron chi connectivity index (χ4n) is 6.20. The normalized spacial score (nSPS) is 23.9. The van der Waals surface area contributed by atoms with Crippen molar-refractivity contribution in [3.8, 4) is 0 Å². The molecule has 1 spiro atoms. The second-order valence-corrected chi connectivity index (χ2v) is 10.7. The number of fused-ring (bicyclic) bond motifs is 1. The lowest BCUT2D eigenvalue weighted by Gasteiger charge is -2.55. The maximum Gasteiger partial charge on any atom is 0.255 e. The molecule has 2 aromatic carbocycles. The van der Waals surface area contributed by atoms with Gasteiger partial charge in [-0.25, -0.2) is 0 Å². The Labute approximate surface area is 206 Å². The van der Waals surface area contributed by atoms with E-state index in [1.807, 2.05) is 12.1 Å². The maximum absolute atomic E-state index is 12.9. The number of rotatable bonds is 5. The van der Waals surface area contributed by atoms with Crippen LogP contribution in [0, 0.1) is 5.41 Å². The van der Waals surface area contributed by atoms with Gasteiger partial charge in [0.25, 0.3) is 5.91 Å². The first kappa shape index (κ1) is 22.3. The predicted molar refractivity (Wildman–Crippen MR) is 133 cm³/mol. The minimum atomic E-state index is -0.560. The minimum absolute atomic E-state index is 0.107. The Hall–Kier alpha value is -3.19. The molecule has 0 bridgehead atoms. The Bertz CT molecular complexity index is 1150. The van der Waals surface area contributed by atoms with Gasteiger partial charge in [-0.05, 0) is 68.1 Å². The second kappa shape index (κ2) is 8.79. The molecule has 1 atom stereocenters. The molecule has 3 saturated heterocycles. The molecule has 182 valence electrons. The molecular weight excluding hydrogens is 440 g/mol. The molecule has 4 heterocycles. The summed E-state index contributed by atoms with van der Waals surface area (Å²) in [6, 6.07) is 16.3. The number of carbonyl (C=O) groups is 3. The van der Waals surface area contributed by atoms with Gasteiger partial charge in [0, 0.05) is 49.3 Å². The largest absolute Gasteiger partial charge is 0.370 e. The molecule has 7 heteroatoms. The van der Waals surface area contributed by atoms with E-state index < -0.39 is 6.04 Å². The quantitative estimate of drug-likeness (QED) is 0.678. The van der Waals surface area contributed by atoms with Gasteiger partial charge in [0.2, 0.25) is 11.8 Å². The molecule has 4 aliphatic heterocycles. The van der Waals surface area contributed by atoms with E-state index in [0.29, 0.717) is 23.9 Å². The standard InChI is InChI=1S/C28H32N4O3/c33-25-9-8-24(26(34)29-25)32-17-21-16-22(6-7-23(21)27(32)35)31-18-28(19-31)11-14-30(15-12-28)13-10-20-4-2-1-3-5-20/h1-7,16,24H,8-15,17-19H2,(H,29,33,34). The first-order chi connectivity index (χ1) is 17.0. The van der Waals surface area contributed by atoms with Crippen LogP contribution >= 0.6 is 0 Å². The lowest BCUT2D eigenvalue weighted by Crippen LogP contribution is -2.60. The summed E-state index contributed by atoms with van der Waals surface area (Å²) < 4.78 is 0. The van der Waals surface area contributed by atoms with Crippen molar-refractivity contribution >= 4 is 23.4 Å². The van der Waals surface area contributed by atoms with E-state index in [0.717, 1.165) is 31.6 Å². The van der Waals surface area contributed by atoms with Crippen LogP contribution in [0.15, 0.2) is 48.5 Å². The second-order valence-electron chi connectivity index (χ2n) is 10.7. The molecule has 7 nitrogen and oxygen atoms in total. The molecule has 3 amide bonds. The van der Waals surface area contributed by atoms with Crippen molar-refractivity contribution in [3.63, 3.8) is 0 Å². The van der Waals surface area contributed by atoms with Crippen molar-refractivity contribution in [2.24, 2.45) is 5.41 Å². The van der Waals surface area contributed by atoms with Gasteiger partial charge in [-0.3, -0.25) is 19.7 Å². The number of amides is 3. The van der Waals surface area contributed by atoms with Crippen LogP contribution in [-0.4, -0.2) is 66.3 Å². The van der Waals surface area contributed by atoms with Crippen molar-refractivity contribution in [1.29, 1.82) is 0 Å². The molecule has 2 aromatic rings. The van der Waals surface area contributed by atoms with Gasteiger partial charge in [-0.2, -0.15) is 0 Å². The number of anilines is 1. The van der Waals surface area contributed by atoms with E-state index >= 15 is 0 Å². The third-order valence-electron chi connectivity index (χ3n) is 8.40. The molecule has 6 rings (SSSR count). The number of imide groups is 1. The summed E-state index contributed by atoms with van der Waals surface area (Å²) >= 11 is 0. The van der Waals surface area contributed by atoms with Crippen molar-refractivity contribution in [1.82, 2.24) is 15.1 Å². The van der Waals surface area contributed by atoms with Crippen LogP contribution < -0.4 is 10.2 Å². The first-order valence-electron chi connectivity index (χ1n) is 12.8. The third kappa shape index (κ3) is 4.22. The monoisotopic (exact) mass is 472 g/mol. The molecule has 1 unspecified atom stereocenters. The number of hydrogen-bond acceptors (Lipinski definition) is 5. The molecule has 3 fully saturated rings. The molecule has 0 saturated carbocycles. The summed E-state index contributed by atoms with van der Waals surface area (Å²) in [5.41, 5.74) is 4.65. The van der Waals surface area contributed by atoms with E-state index in [2.05, 4.69) is 51.5 Å². The lowest BCUT2D eigenvalue weighted by molar-refractivity contribution is -0.136. The van der Waals surface area contributed by atoms with Crippen LogP contribution in [0.5, 0.6) is 0 Å². The van der Waals surface area contributed by atoms with E-state index in [1.165, 1.54) is 37.2 Å². The van der Waals surface area contributed by atoms with Gasteiger partial charge < -0.3 is 14.7 Å². The van der Waals surface area contributed by atoms with Crippen molar-refractivity contribution in [2.45, 2.75) is 44.7 Å². The van der Waals surface area contributed by atoms with Crippen LogP contribution in [0.25, 0.3) is 0 Å². The highest BCUT2D eigenvalue weighted by molar-refractivity contribution is 6.05. The zero-order chi connectivity index (χ0) is 24.0. The molecule has 0 aliphatic carbocycles. The summed E-state index contributed by atoms with van der Waals surface area (Å²) in [5.74, 6) is -0.724. The Morgan fingerprint density at radius 2 is 1.74 bits per heavy atom. The van der Waals surface area contributed by atoms with Crippen LogP contribution in [0.2, 0.25) is 0 Å². The number of piperidine rings is 2. The van der Waals surface area contributed by atoms with Crippen molar-refractivity contribution in [2.75, 3.05) is 37.6 Å². The molecule has 1 N–H and O–H groups in total. The lowest BCUT2D eigenvalue weighted by atomic mass is 9.71. The van der Waals surface area contributed by atoms with E-state index in [4.69, 9.17) is 0 Å². The van der Waals surface area contributed by atoms with Gasteiger partial charge in [0.05, 0.1) is 0 Å². The number of hydrogen-bond donors (Lipinski definition) is 1. The molecule has 0 radical (unpaired) electrons. The van der Waals surface area contributed by atoms with Gasteiger partial charge in [0.1, 0.15) is 6.04 Å². The van der Waals surface area contributed by atoms with Gasteiger partial charge in [0.15, 0.2) is 0 Å². The van der Waals surface area contributed by atoms with E-state index in [1.54, 1.807) is 4.90 Å². The molecular formula is C28H32N4O3. The predicted octanol–water partition coefficient (Wildman–Crippen LogP) is 2.59. The first-order valence-corrected chi connectivity index (χ1v) is 12.8. The summed E-state index contributed by atoms with van der Waals surface area (Å²) in [6.45, 7) is 6.04. The Morgan fingerprint density at radius 3 is 2.49 bits per heavy atom. The number of nitrogens with zero attached hydrogens (tertiary/aromatic N) is 3. The van der Waals surface area contributed by atoms with Gasteiger partial charge >= 0.3 is 0 Å². The fourth-order valence-corrected chi connectivity index (χ4v) is 6.20. The number of benzene rings is 2. The highest BCUT2D eigenvalue weighted by Gasteiger charge is 2.45. The summed E-state index contributed by atoms with van der Waals surface area (Å²) in [5, 5.41) is 2.37. The number of likely N-dealkylation sites (tertiary alicyclic amines) is 1. The average molecular weight is 473 g/mol. The van der Waals surface area contributed by atoms with Gasteiger partial charge in [-0.15, -0.1) is 0 Å². The summed E-state index contributed by atoms with van der Waals surface area (Å²) in [4.78, 5) is 43.4. The zero-order valence-electron chi connectivity index (χ0n) is 20.0. The smallest absolute Gasteiger partial charge is 0.255 e. The minimum Gasteiger partial charge on any atom is -0.370 e. The topological polar surface area (TPSA) is 73.0 Å². The summed E-state index contributed by atoms with van der Waals surface area (Å²) in [6.07, 6.45) is 4.27. The maximum atomic E-state index is 12.9. The van der Waals surface area contributed by atoms with Crippen LogP contribution in [0.4, 0.5) is 5.69 Å². The molecule has 0 aromatic heterocycles. The van der Waals surface area contributed by atoms with Crippen molar-refractivity contribution < 1.29 is 14.4 Å². The molecule has 35 heavy (non-hydrogen) atoms. The van der Waals surface area contributed by atoms with Crippen molar-refractivity contribution in [3.05, 3.63) is 65.2 Å². The summed E-state index contributed by atoms with van der Waals surface area (Å²) in [7, 11) is 0. The van der Waals surface area contributed by atoms with Crippen LogP contribution in [0.3, 0.4) is 0 Å². The number of nitrogens with one attached hydrogen (secondary N) is 1. The SMILES string of the molecule is O=C1CCC(N2Cc3cc(N4CC5(CCN(CCc6ccccc6)CC5)C4)ccc3C2=O)C(=O)N1. The third-order valence-corrected chi connectivity index (χ3v) is 8.40. The van der Waals surface area contributed by atoms with Gasteiger partial charge in [-0.1, -0.05) is 30.3 Å². The zero-order valence-corrected chi connectivity index (χ0v) is 20.0. The highest BCUT2D eigenvalue weighted by Crippen LogP contribution is 2.43.